The third kappa shape index (κ3) is 2.64. The zero-order valence-corrected chi connectivity index (χ0v) is 12.5. The van der Waals surface area contributed by atoms with Gasteiger partial charge in [-0.05, 0) is 51.9 Å². The molecule has 0 aliphatic heterocycles. The Morgan fingerprint density at radius 1 is 0.696 bits per heavy atom. The Balaban J connectivity index is 1.81. The predicted octanol–water partition coefficient (Wildman–Crippen LogP) is 5.71. The molecule has 0 N–H and O–H groups in total. The van der Waals surface area contributed by atoms with Crippen molar-refractivity contribution in [3.8, 4) is 5.75 Å². The lowest BCUT2D eigenvalue weighted by Crippen LogP contribution is -1.98. The SMILES string of the molecule is Fc1ccc(OCc2c3ccccc3cc3ccccc23)cc1. The number of rotatable bonds is 3. The molecule has 4 aromatic rings. The summed E-state index contributed by atoms with van der Waals surface area (Å²) in [6.07, 6.45) is 0. The van der Waals surface area contributed by atoms with E-state index in [4.69, 9.17) is 4.74 Å². The highest BCUT2D eigenvalue weighted by Gasteiger charge is 2.08. The first-order chi connectivity index (χ1) is 11.3. The van der Waals surface area contributed by atoms with Crippen LogP contribution >= 0.6 is 0 Å². The van der Waals surface area contributed by atoms with E-state index in [1.165, 1.54) is 33.7 Å². The minimum absolute atomic E-state index is 0.257. The molecular formula is C21H15FO. The van der Waals surface area contributed by atoms with Crippen molar-refractivity contribution < 1.29 is 9.13 Å². The number of halogens is 1. The van der Waals surface area contributed by atoms with Gasteiger partial charge in [0.2, 0.25) is 0 Å². The Morgan fingerprint density at radius 2 is 1.26 bits per heavy atom. The van der Waals surface area contributed by atoms with Gasteiger partial charge in [0.15, 0.2) is 0 Å². The summed E-state index contributed by atoms with van der Waals surface area (Å²) in [6.45, 7) is 0.452. The van der Waals surface area contributed by atoms with Gasteiger partial charge in [0.1, 0.15) is 18.2 Å². The van der Waals surface area contributed by atoms with Gasteiger partial charge in [-0.1, -0.05) is 48.5 Å². The summed E-state index contributed by atoms with van der Waals surface area (Å²) in [4.78, 5) is 0. The first-order valence-electron chi connectivity index (χ1n) is 7.59. The van der Waals surface area contributed by atoms with Gasteiger partial charge in [0.05, 0.1) is 0 Å². The van der Waals surface area contributed by atoms with E-state index < -0.39 is 0 Å². The monoisotopic (exact) mass is 302 g/mol. The zero-order valence-electron chi connectivity index (χ0n) is 12.5. The van der Waals surface area contributed by atoms with Crippen molar-refractivity contribution in [1.82, 2.24) is 0 Å². The summed E-state index contributed by atoms with van der Waals surface area (Å²) in [6, 6.07) is 25.0. The molecule has 1 nitrogen and oxygen atoms in total. The molecule has 0 saturated carbocycles. The fraction of sp³-hybridized carbons (Fsp3) is 0.0476. The summed E-state index contributed by atoms with van der Waals surface area (Å²) in [7, 11) is 0. The van der Waals surface area contributed by atoms with Gasteiger partial charge in [-0.3, -0.25) is 0 Å². The van der Waals surface area contributed by atoms with Crippen molar-refractivity contribution in [3.05, 3.63) is 90.2 Å². The van der Waals surface area contributed by atoms with Crippen LogP contribution < -0.4 is 4.74 Å². The molecule has 0 fully saturated rings. The van der Waals surface area contributed by atoms with Gasteiger partial charge in [-0.25, -0.2) is 4.39 Å². The normalized spacial score (nSPS) is 11.0. The van der Waals surface area contributed by atoms with Crippen LogP contribution in [0.2, 0.25) is 0 Å². The molecule has 23 heavy (non-hydrogen) atoms. The number of benzene rings is 4. The van der Waals surface area contributed by atoms with Crippen molar-refractivity contribution in [3.63, 3.8) is 0 Å². The second-order valence-corrected chi connectivity index (χ2v) is 5.54. The topological polar surface area (TPSA) is 9.23 Å². The Morgan fingerprint density at radius 3 is 1.87 bits per heavy atom. The molecule has 4 aromatic carbocycles. The fourth-order valence-corrected chi connectivity index (χ4v) is 2.95. The van der Waals surface area contributed by atoms with Crippen LogP contribution in [-0.4, -0.2) is 0 Å². The molecule has 0 bridgehead atoms. The quantitative estimate of drug-likeness (QED) is 0.440. The van der Waals surface area contributed by atoms with Gasteiger partial charge in [0, 0.05) is 5.56 Å². The Bertz CT molecular complexity index is 920. The second kappa shape index (κ2) is 5.73. The van der Waals surface area contributed by atoms with E-state index in [0.717, 1.165) is 5.56 Å². The molecule has 0 unspecified atom stereocenters. The van der Waals surface area contributed by atoms with Gasteiger partial charge >= 0.3 is 0 Å². The molecule has 4 rings (SSSR count). The molecule has 0 atom stereocenters. The minimum atomic E-state index is -0.257. The van der Waals surface area contributed by atoms with Crippen LogP contribution in [0.4, 0.5) is 4.39 Å². The van der Waals surface area contributed by atoms with Crippen molar-refractivity contribution in [1.29, 1.82) is 0 Å². The number of hydrogen-bond donors (Lipinski definition) is 0. The summed E-state index contributed by atoms with van der Waals surface area (Å²) in [5.41, 5.74) is 1.16. The van der Waals surface area contributed by atoms with Gasteiger partial charge in [0.25, 0.3) is 0 Å². The highest BCUT2D eigenvalue weighted by atomic mass is 19.1. The molecule has 0 radical (unpaired) electrons. The molecule has 2 heteroatoms. The standard InChI is InChI=1S/C21H15FO/c22-17-9-11-18(12-10-17)23-14-21-19-7-3-1-5-15(19)13-16-6-2-4-8-20(16)21/h1-13H,14H2. The first kappa shape index (κ1) is 13.8. The van der Waals surface area contributed by atoms with Crippen molar-refractivity contribution in [2.45, 2.75) is 6.61 Å². The molecular weight excluding hydrogens is 287 g/mol. The van der Waals surface area contributed by atoms with Crippen molar-refractivity contribution in [2.75, 3.05) is 0 Å². The molecule has 0 amide bonds. The molecule has 0 aliphatic rings. The maximum Gasteiger partial charge on any atom is 0.123 e. The number of fused-ring (bicyclic) bond motifs is 2. The summed E-state index contributed by atoms with van der Waals surface area (Å²) in [5, 5.41) is 4.77. The average molecular weight is 302 g/mol. The largest absolute Gasteiger partial charge is 0.489 e. The first-order valence-corrected chi connectivity index (χ1v) is 7.59. The predicted molar refractivity (Wildman–Crippen MR) is 92.2 cm³/mol. The zero-order chi connectivity index (χ0) is 15.6. The van der Waals surface area contributed by atoms with Crippen LogP contribution in [0.3, 0.4) is 0 Å². The molecule has 0 saturated heterocycles. The van der Waals surface area contributed by atoms with E-state index in [0.29, 0.717) is 12.4 Å². The van der Waals surface area contributed by atoms with Crippen LogP contribution in [0.1, 0.15) is 5.56 Å². The molecule has 0 aliphatic carbocycles. The maximum atomic E-state index is 13.0. The Labute approximate surface area is 133 Å². The fourth-order valence-electron chi connectivity index (χ4n) is 2.95. The van der Waals surface area contributed by atoms with Gasteiger partial charge in [-0.2, -0.15) is 0 Å². The molecule has 112 valence electrons. The Hall–Kier alpha value is -2.87. The summed E-state index contributed by atoms with van der Waals surface area (Å²) >= 11 is 0. The van der Waals surface area contributed by atoms with Gasteiger partial charge < -0.3 is 4.74 Å². The second-order valence-electron chi connectivity index (χ2n) is 5.54. The van der Waals surface area contributed by atoms with Crippen LogP contribution in [-0.2, 0) is 6.61 Å². The van der Waals surface area contributed by atoms with E-state index in [9.17, 15) is 4.39 Å². The highest BCUT2D eigenvalue weighted by Crippen LogP contribution is 2.29. The van der Waals surface area contributed by atoms with Gasteiger partial charge in [-0.15, -0.1) is 0 Å². The van der Waals surface area contributed by atoms with E-state index in [1.807, 2.05) is 24.3 Å². The third-order valence-corrected chi connectivity index (χ3v) is 4.08. The lowest BCUT2D eigenvalue weighted by atomic mass is 9.97. The van der Waals surface area contributed by atoms with E-state index in [1.54, 1.807) is 12.1 Å². The molecule has 0 spiro atoms. The van der Waals surface area contributed by atoms with Crippen LogP contribution in [0.5, 0.6) is 5.75 Å². The lowest BCUT2D eigenvalue weighted by Gasteiger charge is -2.13. The number of ether oxygens (including phenoxy) is 1. The van der Waals surface area contributed by atoms with Crippen LogP contribution in [0.25, 0.3) is 21.5 Å². The minimum Gasteiger partial charge on any atom is -0.489 e. The van der Waals surface area contributed by atoms with E-state index in [-0.39, 0.29) is 5.82 Å². The lowest BCUT2D eigenvalue weighted by molar-refractivity contribution is 0.308. The van der Waals surface area contributed by atoms with Crippen LogP contribution in [0, 0.1) is 5.82 Å². The third-order valence-electron chi connectivity index (χ3n) is 4.08. The molecule has 0 aromatic heterocycles. The van der Waals surface area contributed by atoms with E-state index >= 15 is 0 Å². The van der Waals surface area contributed by atoms with E-state index in [2.05, 4.69) is 30.3 Å². The van der Waals surface area contributed by atoms with Crippen molar-refractivity contribution in [2.24, 2.45) is 0 Å². The van der Waals surface area contributed by atoms with Crippen LogP contribution in [0.15, 0.2) is 78.9 Å². The Kier molecular flexibility index (Phi) is 3.43. The molecule has 0 heterocycles. The van der Waals surface area contributed by atoms with Crippen molar-refractivity contribution >= 4 is 21.5 Å². The average Bonchev–Trinajstić information content (AvgIpc) is 2.60. The number of hydrogen-bond acceptors (Lipinski definition) is 1. The maximum absolute atomic E-state index is 13.0. The smallest absolute Gasteiger partial charge is 0.123 e. The highest BCUT2D eigenvalue weighted by molar-refractivity contribution is 6.02. The summed E-state index contributed by atoms with van der Waals surface area (Å²) in [5.74, 6) is 0.413. The summed E-state index contributed by atoms with van der Waals surface area (Å²) < 4.78 is 18.9.